The first kappa shape index (κ1) is 10.2. The molecule has 2 rings (SSSR count). The molecule has 1 fully saturated rings. The number of β-amino-alcohol motifs (C(OH)–C–C–N with tert-alkyl or cyclic N) is 1. The van der Waals surface area contributed by atoms with Crippen molar-refractivity contribution in [1.29, 1.82) is 0 Å². The average molecular weight is 207 g/mol. The van der Waals surface area contributed by atoms with Crippen LogP contribution in [0.15, 0.2) is 12.3 Å². The van der Waals surface area contributed by atoms with Gasteiger partial charge in [0.2, 0.25) is 0 Å². The number of hydrogen-bond acceptors (Lipinski definition) is 4. The molecule has 0 radical (unpaired) electrons. The van der Waals surface area contributed by atoms with E-state index in [4.69, 9.17) is 5.73 Å². The predicted molar refractivity (Wildman–Crippen MR) is 60.8 cm³/mol. The summed E-state index contributed by atoms with van der Waals surface area (Å²) in [7, 11) is 0. The van der Waals surface area contributed by atoms with Crippen LogP contribution in [0, 0.1) is 6.92 Å². The van der Waals surface area contributed by atoms with Crippen molar-refractivity contribution in [3.8, 4) is 0 Å². The molecule has 1 unspecified atom stereocenters. The number of nitrogens with two attached hydrogens (primary N) is 1. The van der Waals surface area contributed by atoms with Crippen molar-refractivity contribution in [3.63, 3.8) is 0 Å². The second kappa shape index (κ2) is 3.38. The fourth-order valence-corrected chi connectivity index (χ4v) is 2.05. The normalized spacial score (nSPS) is 25.9. The van der Waals surface area contributed by atoms with E-state index in [1.807, 2.05) is 19.9 Å². The molecule has 0 aliphatic carbocycles. The molecule has 1 saturated heterocycles. The Morgan fingerprint density at radius 3 is 2.87 bits per heavy atom. The lowest BCUT2D eigenvalue weighted by molar-refractivity contribution is 0.0839. The van der Waals surface area contributed by atoms with Gasteiger partial charge in [0.05, 0.1) is 17.5 Å². The fourth-order valence-electron chi connectivity index (χ4n) is 2.05. The second-order valence-electron chi connectivity index (χ2n) is 4.58. The Kier molecular flexibility index (Phi) is 2.31. The van der Waals surface area contributed by atoms with Crippen LogP contribution in [0.4, 0.5) is 11.5 Å². The first-order valence-corrected chi connectivity index (χ1v) is 5.17. The first-order chi connectivity index (χ1) is 6.98. The second-order valence-corrected chi connectivity index (χ2v) is 4.58. The Morgan fingerprint density at radius 2 is 2.33 bits per heavy atom. The Labute approximate surface area is 89.7 Å². The number of aromatic nitrogens is 1. The van der Waals surface area contributed by atoms with Gasteiger partial charge in [-0.2, -0.15) is 0 Å². The standard InChI is InChI=1S/C11H17N3O/c1-8-5-9(12)6-13-10(8)14-4-3-11(2,15)7-14/h5-6,15H,3-4,7,12H2,1-2H3. The summed E-state index contributed by atoms with van der Waals surface area (Å²) >= 11 is 0. The van der Waals surface area contributed by atoms with Gasteiger partial charge >= 0.3 is 0 Å². The van der Waals surface area contributed by atoms with Gasteiger partial charge in [-0.15, -0.1) is 0 Å². The lowest BCUT2D eigenvalue weighted by Crippen LogP contribution is -2.30. The molecule has 1 aliphatic heterocycles. The monoisotopic (exact) mass is 207 g/mol. The molecule has 0 aromatic carbocycles. The molecule has 1 aromatic heterocycles. The number of aliphatic hydroxyl groups is 1. The lowest BCUT2D eigenvalue weighted by Gasteiger charge is -2.21. The van der Waals surface area contributed by atoms with E-state index in [1.54, 1.807) is 6.20 Å². The number of nitrogens with zero attached hydrogens (tertiary/aromatic N) is 2. The number of nitrogen functional groups attached to an aromatic ring is 1. The minimum absolute atomic E-state index is 0.588. The van der Waals surface area contributed by atoms with Crippen molar-refractivity contribution in [2.24, 2.45) is 0 Å². The highest BCUT2D eigenvalue weighted by molar-refractivity contribution is 5.53. The van der Waals surface area contributed by atoms with Crippen molar-refractivity contribution in [1.82, 2.24) is 4.98 Å². The molecule has 1 aromatic rings. The molecule has 1 atom stereocenters. The molecule has 0 spiro atoms. The minimum Gasteiger partial charge on any atom is -0.397 e. The van der Waals surface area contributed by atoms with Gasteiger partial charge in [0, 0.05) is 13.1 Å². The maximum atomic E-state index is 9.88. The van der Waals surface area contributed by atoms with Crippen molar-refractivity contribution < 1.29 is 5.11 Å². The first-order valence-electron chi connectivity index (χ1n) is 5.17. The third kappa shape index (κ3) is 2.04. The molecule has 0 bridgehead atoms. The zero-order valence-electron chi connectivity index (χ0n) is 9.20. The maximum absolute atomic E-state index is 9.88. The van der Waals surface area contributed by atoms with Crippen molar-refractivity contribution in [2.45, 2.75) is 25.9 Å². The van der Waals surface area contributed by atoms with Crippen LogP contribution < -0.4 is 10.6 Å². The molecule has 82 valence electrons. The summed E-state index contributed by atoms with van der Waals surface area (Å²) in [6, 6.07) is 1.91. The zero-order chi connectivity index (χ0) is 11.1. The fraction of sp³-hybridized carbons (Fsp3) is 0.545. The van der Waals surface area contributed by atoms with Crippen LogP contribution >= 0.6 is 0 Å². The van der Waals surface area contributed by atoms with E-state index in [-0.39, 0.29) is 0 Å². The van der Waals surface area contributed by atoms with Gasteiger partial charge < -0.3 is 15.7 Å². The molecule has 1 aliphatic rings. The molecule has 3 N–H and O–H groups in total. The topological polar surface area (TPSA) is 62.4 Å². The van der Waals surface area contributed by atoms with E-state index in [2.05, 4.69) is 9.88 Å². The number of aryl methyl sites for hydroxylation is 1. The van der Waals surface area contributed by atoms with Gasteiger partial charge in [0.1, 0.15) is 5.82 Å². The lowest BCUT2D eigenvalue weighted by atomic mass is 10.1. The number of pyridine rings is 1. The van der Waals surface area contributed by atoms with E-state index in [1.165, 1.54) is 0 Å². The van der Waals surface area contributed by atoms with Gasteiger partial charge in [-0.1, -0.05) is 0 Å². The quantitative estimate of drug-likeness (QED) is 0.719. The van der Waals surface area contributed by atoms with Gasteiger partial charge in [0.15, 0.2) is 0 Å². The molecule has 4 heteroatoms. The third-order valence-electron chi connectivity index (χ3n) is 2.82. The van der Waals surface area contributed by atoms with Crippen LogP contribution in [0.25, 0.3) is 0 Å². The zero-order valence-corrected chi connectivity index (χ0v) is 9.20. The summed E-state index contributed by atoms with van der Waals surface area (Å²) in [4.78, 5) is 6.42. The average Bonchev–Trinajstić information content (AvgIpc) is 2.46. The minimum atomic E-state index is -0.588. The largest absolute Gasteiger partial charge is 0.397 e. The number of anilines is 2. The smallest absolute Gasteiger partial charge is 0.131 e. The van der Waals surface area contributed by atoms with Crippen LogP contribution in [0.5, 0.6) is 0 Å². The number of rotatable bonds is 1. The molecule has 2 heterocycles. The number of hydrogen-bond donors (Lipinski definition) is 2. The summed E-state index contributed by atoms with van der Waals surface area (Å²) in [6.07, 6.45) is 2.45. The van der Waals surface area contributed by atoms with E-state index in [0.29, 0.717) is 12.2 Å². The molecular formula is C11H17N3O. The summed E-state index contributed by atoms with van der Waals surface area (Å²) in [6.45, 7) is 5.35. The molecule has 0 amide bonds. The molecular weight excluding hydrogens is 190 g/mol. The Morgan fingerprint density at radius 1 is 1.60 bits per heavy atom. The van der Waals surface area contributed by atoms with Crippen LogP contribution in [-0.2, 0) is 0 Å². The van der Waals surface area contributed by atoms with Crippen molar-refractivity contribution >= 4 is 11.5 Å². The van der Waals surface area contributed by atoms with Crippen LogP contribution in [-0.4, -0.2) is 28.8 Å². The van der Waals surface area contributed by atoms with E-state index in [0.717, 1.165) is 24.3 Å². The molecule has 0 saturated carbocycles. The highest BCUT2D eigenvalue weighted by Crippen LogP contribution is 2.27. The SMILES string of the molecule is Cc1cc(N)cnc1N1CCC(C)(O)C1. The van der Waals surface area contributed by atoms with Gasteiger partial charge in [-0.3, -0.25) is 0 Å². The van der Waals surface area contributed by atoms with Crippen molar-refractivity contribution in [2.75, 3.05) is 23.7 Å². The maximum Gasteiger partial charge on any atom is 0.131 e. The molecule has 15 heavy (non-hydrogen) atoms. The highest BCUT2D eigenvalue weighted by Gasteiger charge is 2.32. The van der Waals surface area contributed by atoms with Gasteiger partial charge in [0.25, 0.3) is 0 Å². The van der Waals surface area contributed by atoms with Crippen molar-refractivity contribution in [3.05, 3.63) is 17.8 Å². The van der Waals surface area contributed by atoms with Crippen LogP contribution in [0.2, 0.25) is 0 Å². The van der Waals surface area contributed by atoms with Crippen LogP contribution in [0.1, 0.15) is 18.9 Å². The summed E-state index contributed by atoms with van der Waals surface area (Å²) in [5.74, 6) is 0.932. The third-order valence-corrected chi connectivity index (χ3v) is 2.82. The summed E-state index contributed by atoms with van der Waals surface area (Å²) < 4.78 is 0. The van der Waals surface area contributed by atoms with Gasteiger partial charge in [-0.25, -0.2) is 4.98 Å². The molecule has 4 nitrogen and oxygen atoms in total. The van der Waals surface area contributed by atoms with Gasteiger partial charge in [-0.05, 0) is 31.9 Å². The highest BCUT2D eigenvalue weighted by atomic mass is 16.3. The Balaban J connectivity index is 2.24. The van der Waals surface area contributed by atoms with E-state index >= 15 is 0 Å². The Hall–Kier alpha value is -1.29. The van der Waals surface area contributed by atoms with E-state index < -0.39 is 5.60 Å². The summed E-state index contributed by atoms with van der Waals surface area (Å²) in [5, 5.41) is 9.88. The van der Waals surface area contributed by atoms with E-state index in [9.17, 15) is 5.11 Å². The predicted octanol–water partition coefficient (Wildman–Crippen LogP) is 0.933. The Bertz CT molecular complexity index is 376. The van der Waals surface area contributed by atoms with Crippen LogP contribution in [0.3, 0.4) is 0 Å². The summed E-state index contributed by atoms with van der Waals surface area (Å²) in [5.41, 5.74) is 6.81.